The summed E-state index contributed by atoms with van der Waals surface area (Å²) in [7, 11) is 0. The Morgan fingerprint density at radius 1 is 1.39 bits per heavy atom. The van der Waals surface area contributed by atoms with Crippen LogP contribution in [0.2, 0.25) is 0 Å². The van der Waals surface area contributed by atoms with Gasteiger partial charge in [-0.1, -0.05) is 13.0 Å². The van der Waals surface area contributed by atoms with Crippen LogP contribution in [0.1, 0.15) is 18.1 Å². The van der Waals surface area contributed by atoms with Crippen LogP contribution in [0.25, 0.3) is 0 Å². The van der Waals surface area contributed by atoms with Crippen molar-refractivity contribution in [1.29, 1.82) is 0 Å². The number of halogens is 1. The highest BCUT2D eigenvalue weighted by molar-refractivity contribution is 8.07. The summed E-state index contributed by atoms with van der Waals surface area (Å²) in [6.07, 6.45) is 0.842. The maximum Gasteiger partial charge on any atom is 0.123 e. The maximum absolute atomic E-state index is 13.1. The first-order valence-electron chi connectivity index (χ1n) is 6.31. The summed E-state index contributed by atoms with van der Waals surface area (Å²) in [5, 5.41) is 1.12. The molecule has 1 saturated heterocycles. The molecule has 0 aromatic heterocycles. The number of hydrogen-bond acceptors (Lipinski definition) is 3. The number of thioether (sulfide) groups is 2. The van der Waals surface area contributed by atoms with Crippen LogP contribution in [0.5, 0.6) is 0 Å². The Morgan fingerprint density at radius 3 is 2.78 bits per heavy atom. The van der Waals surface area contributed by atoms with Gasteiger partial charge in [-0.15, -0.1) is 0 Å². The lowest BCUT2D eigenvalue weighted by Gasteiger charge is -2.32. The van der Waals surface area contributed by atoms with Gasteiger partial charge in [-0.2, -0.15) is 23.5 Å². The van der Waals surface area contributed by atoms with Crippen molar-refractivity contribution in [1.82, 2.24) is 0 Å². The van der Waals surface area contributed by atoms with Crippen molar-refractivity contribution in [2.24, 2.45) is 5.73 Å². The Morgan fingerprint density at radius 2 is 2.11 bits per heavy atom. The minimum Gasteiger partial charge on any atom is -0.326 e. The van der Waals surface area contributed by atoms with Crippen molar-refractivity contribution in [3.8, 4) is 0 Å². The standard InChI is InChI=1S/C14H20FNS2/c1-9-7-12(15)4-3-11(9)8-13(16)14-10(2)17-5-6-18-14/h3-4,7,10,13-14H,5-6,8,16H2,1-2H3. The molecule has 0 radical (unpaired) electrons. The third kappa shape index (κ3) is 3.43. The van der Waals surface area contributed by atoms with Crippen molar-refractivity contribution in [3.05, 3.63) is 35.1 Å². The van der Waals surface area contributed by atoms with Gasteiger partial charge in [0, 0.05) is 28.0 Å². The highest BCUT2D eigenvalue weighted by atomic mass is 32.2. The fraction of sp³-hybridized carbons (Fsp3) is 0.571. The molecule has 1 heterocycles. The van der Waals surface area contributed by atoms with E-state index in [1.807, 2.05) is 36.5 Å². The first-order valence-corrected chi connectivity index (χ1v) is 8.41. The Balaban J connectivity index is 2.03. The van der Waals surface area contributed by atoms with E-state index in [1.165, 1.54) is 23.1 Å². The normalized spacial score (nSPS) is 26.0. The first-order chi connectivity index (χ1) is 8.58. The van der Waals surface area contributed by atoms with E-state index in [9.17, 15) is 4.39 Å². The molecule has 0 bridgehead atoms. The molecular weight excluding hydrogens is 265 g/mol. The number of nitrogens with two attached hydrogens (primary N) is 1. The van der Waals surface area contributed by atoms with Crippen LogP contribution in [-0.2, 0) is 6.42 Å². The van der Waals surface area contributed by atoms with Crippen LogP contribution in [0, 0.1) is 12.7 Å². The zero-order valence-corrected chi connectivity index (χ0v) is 12.5. The number of aryl methyl sites for hydroxylation is 1. The number of benzene rings is 1. The predicted octanol–water partition coefficient (Wildman–Crippen LogP) is 3.24. The van der Waals surface area contributed by atoms with Gasteiger partial charge in [0.25, 0.3) is 0 Å². The van der Waals surface area contributed by atoms with Crippen LogP contribution in [-0.4, -0.2) is 28.0 Å². The largest absolute Gasteiger partial charge is 0.326 e. The molecule has 0 saturated carbocycles. The lowest BCUT2D eigenvalue weighted by atomic mass is 9.98. The zero-order valence-electron chi connectivity index (χ0n) is 10.9. The molecule has 100 valence electrons. The highest BCUT2D eigenvalue weighted by Crippen LogP contribution is 2.33. The highest BCUT2D eigenvalue weighted by Gasteiger charge is 2.28. The molecule has 1 aliphatic heterocycles. The van der Waals surface area contributed by atoms with Crippen molar-refractivity contribution in [2.45, 2.75) is 36.8 Å². The van der Waals surface area contributed by atoms with Gasteiger partial charge in [0.05, 0.1) is 0 Å². The monoisotopic (exact) mass is 285 g/mol. The van der Waals surface area contributed by atoms with Gasteiger partial charge in [0.15, 0.2) is 0 Å². The molecule has 3 atom stereocenters. The van der Waals surface area contributed by atoms with Gasteiger partial charge in [0.1, 0.15) is 5.82 Å². The number of rotatable bonds is 3. The third-order valence-electron chi connectivity index (χ3n) is 3.42. The van der Waals surface area contributed by atoms with E-state index < -0.39 is 0 Å². The second-order valence-electron chi connectivity index (χ2n) is 4.85. The second-order valence-corrected chi connectivity index (χ2v) is 7.62. The van der Waals surface area contributed by atoms with Gasteiger partial charge in [-0.25, -0.2) is 4.39 Å². The van der Waals surface area contributed by atoms with Gasteiger partial charge < -0.3 is 5.73 Å². The van der Waals surface area contributed by atoms with Crippen molar-refractivity contribution >= 4 is 23.5 Å². The molecule has 1 nitrogen and oxygen atoms in total. The van der Waals surface area contributed by atoms with Crippen molar-refractivity contribution < 1.29 is 4.39 Å². The minimum absolute atomic E-state index is 0.155. The molecule has 18 heavy (non-hydrogen) atoms. The summed E-state index contributed by atoms with van der Waals surface area (Å²) in [5.74, 6) is 2.25. The van der Waals surface area contributed by atoms with E-state index in [0.717, 1.165) is 12.0 Å². The molecule has 4 heteroatoms. The summed E-state index contributed by atoms with van der Waals surface area (Å²) < 4.78 is 13.1. The van der Waals surface area contributed by atoms with E-state index in [1.54, 1.807) is 6.07 Å². The summed E-state index contributed by atoms with van der Waals surface area (Å²) in [6, 6.07) is 5.15. The Kier molecular flexibility index (Phi) is 4.98. The minimum atomic E-state index is -0.166. The van der Waals surface area contributed by atoms with E-state index in [4.69, 9.17) is 5.73 Å². The molecule has 1 aromatic carbocycles. The molecule has 2 rings (SSSR count). The fourth-order valence-electron chi connectivity index (χ4n) is 2.38. The Bertz CT molecular complexity index is 411. The van der Waals surface area contributed by atoms with Crippen LogP contribution >= 0.6 is 23.5 Å². The SMILES string of the molecule is Cc1cc(F)ccc1CC(N)C1SCCSC1C. The summed E-state index contributed by atoms with van der Waals surface area (Å²) in [5.41, 5.74) is 8.53. The lowest BCUT2D eigenvalue weighted by Crippen LogP contribution is -2.42. The molecule has 0 amide bonds. The van der Waals surface area contributed by atoms with Crippen molar-refractivity contribution in [3.63, 3.8) is 0 Å². The zero-order chi connectivity index (χ0) is 13.1. The molecule has 0 aliphatic carbocycles. The van der Waals surface area contributed by atoms with Crippen LogP contribution in [0.4, 0.5) is 4.39 Å². The van der Waals surface area contributed by atoms with Gasteiger partial charge in [-0.3, -0.25) is 0 Å². The van der Waals surface area contributed by atoms with E-state index in [2.05, 4.69) is 6.92 Å². The maximum atomic E-state index is 13.1. The topological polar surface area (TPSA) is 26.0 Å². The molecule has 1 fully saturated rings. The summed E-state index contributed by atoms with van der Waals surface area (Å²) in [6.45, 7) is 4.22. The fourth-order valence-corrected chi connectivity index (χ4v) is 5.27. The quantitative estimate of drug-likeness (QED) is 0.923. The number of hydrogen-bond donors (Lipinski definition) is 1. The first kappa shape index (κ1) is 14.2. The second kappa shape index (κ2) is 6.31. The van der Waals surface area contributed by atoms with Crippen LogP contribution < -0.4 is 5.73 Å². The molecule has 1 aromatic rings. The van der Waals surface area contributed by atoms with Crippen LogP contribution in [0.15, 0.2) is 18.2 Å². The van der Waals surface area contributed by atoms with Gasteiger partial charge >= 0.3 is 0 Å². The summed E-state index contributed by atoms with van der Waals surface area (Å²) >= 11 is 4.00. The van der Waals surface area contributed by atoms with E-state index >= 15 is 0 Å². The van der Waals surface area contributed by atoms with E-state index in [0.29, 0.717) is 10.5 Å². The molecule has 3 unspecified atom stereocenters. The van der Waals surface area contributed by atoms with Crippen LogP contribution in [0.3, 0.4) is 0 Å². The molecule has 2 N–H and O–H groups in total. The van der Waals surface area contributed by atoms with Crippen molar-refractivity contribution in [2.75, 3.05) is 11.5 Å². The average molecular weight is 285 g/mol. The molecular formula is C14H20FNS2. The lowest BCUT2D eigenvalue weighted by molar-refractivity contribution is 0.610. The predicted molar refractivity (Wildman–Crippen MR) is 81.0 cm³/mol. The smallest absolute Gasteiger partial charge is 0.123 e. The molecule has 0 spiro atoms. The summed E-state index contributed by atoms with van der Waals surface area (Å²) in [4.78, 5) is 0. The van der Waals surface area contributed by atoms with E-state index in [-0.39, 0.29) is 11.9 Å². The third-order valence-corrected chi connectivity index (χ3v) is 6.69. The Hall–Kier alpha value is -0.190. The van der Waals surface area contributed by atoms with Gasteiger partial charge in [-0.05, 0) is 36.6 Å². The Labute approximate surface area is 117 Å². The average Bonchev–Trinajstić information content (AvgIpc) is 2.33. The van der Waals surface area contributed by atoms with Gasteiger partial charge in [0.2, 0.25) is 0 Å². The molecule has 1 aliphatic rings.